The summed E-state index contributed by atoms with van der Waals surface area (Å²) in [7, 11) is 1.76. The Morgan fingerprint density at radius 1 is 1.36 bits per heavy atom. The van der Waals surface area contributed by atoms with E-state index < -0.39 is 5.60 Å². The molecule has 1 aromatic carbocycles. The smallest absolute Gasteiger partial charge is 0.253 e. The maximum Gasteiger partial charge on any atom is 0.253 e. The molecule has 6 nitrogen and oxygen atoms in total. The first-order valence-corrected chi connectivity index (χ1v) is 7.79. The molecule has 0 radical (unpaired) electrons. The van der Waals surface area contributed by atoms with Crippen molar-refractivity contribution >= 4 is 5.91 Å². The van der Waals surface area contributed by atoms with Crippen molar-refractivity contribution in [2.45, 2.75) is 12.5 Å². The Labute approximate surface area is 144 Å². The van der Waals surface area contributed by atoms with Gasteiger partial charge in [0.2, 0.25) is 0 Å². The van der Waals surface area contributed by atoms with E-state index in [9.17, 15) is 14.3 Å². The van der Waals surface area contributed by atoms with Gasteiger partial charge in [-0.2, -0.15) is 5.10 Å². The average molecular weight is 342 g/mol. The highest BCUT2D eigenvalue weighted by atomic mass is 19.1. The van der Waals surface area contributed by atoms with E-state index in [1.165, 1.54) is 12.1 Å². The Balaban J connectivity index is 1.74. The van der Waals surface area contributed by atoms with Gasteiger partial charge in [0.05, 0.1) is 18.3 Å². The van der Waals surface area contributed by atoms with Gasteiger partial charge in [-0.05, 0) is 24.6 Å². The van der Waals surface area contributed by atoms with Crippen LogP contribution >= 0.6 is 0 Å². The molecule has 1 unspecified atom stereocenters. The molecule has 0 fully saturated rings. The normalized spacial score (nSPS) is 13.4. The van der Waals surface area contributed by atoms with Gasteiger partial charge in [0.1, 0.15) is 11.4 Å². The molecule has 1 amide bonds. The van der Waals surface area contributed by atoms with Gasteiger partial charge in [0.25, 0.3) is 5.91 Å². The Kier molecular flexibility index (Phi) is 4.41. The minimum Gasteiger partial charge on any atom is -0.383 e. The van der Waals surface area contributed by atoms with Crippen LogP contribution < -0.4 is 5.32 Å². The van der Waals surface area contributed by atoms with Crippen molar-refractivity contribution < 1.29 is 14.3 Å². The number of aryl methyl sites for hydroxylation is 1. The number of H-pyrrole nitrogens is 1. The van der Waals surface area contributed by atoms with Crippen molar-refractivity contribution in [3.63, 3.8) is 0 Å². The lowest BCUT2D eigenvalue weighted by Crippen LogP contribution is -2.38. The standard InChI is InChI=1S/C18H19FN4O2/c1-18(25,13-7-22-23(2)10-13)11-21-17(24)16-9-20-8-15(16)12-3-5-14(19)6-4-12/h3-10,20,25H,11H2,1-2H3,(H,21,24). The maximum absolute atomic E-state index is 13.1. The predicted molar refractivity (Wildman–Crippen MR) is 91.3 cm³/mol. The van der Waals surface area contributed by atoms with Crippen LogP contribution in [0.3, 0.4) is 0 Å². The largest absolute Gasteiger partial charge is 0.383 e. The highest BCUT2D eigenvalue weighted by Gasteiger charge is 2.26. The second-order valence-corrected chi connectivity index (χ2v) is 6.15. The third kappa shape index (κ3) is 3.61. The first kappa shape index (κ1) is 16.9. The molecule has 7 heteroatoms. The Hall–Kier alpha value is -2.93. The van der Waals surface area contributed by atoms with Crippen molar-refractivity contribution in [1.82, 2.24) is 20.1 Å². The van der Waals surface area contributed by atoms with E-state index in [2.05, 4.69) is 15.4 Å². The molecule has 2 aromatic heterocycles. The fourth-order valence-corrected chi connectivity index (χ4v) is 2.57. The van der Waals surface area contributed by atoms with Crippen molar-refractivity contribution in [2.24, 2.45) is 7.05 Å². The van der Waals surface area contributed by atoms with E-state index in [0.29, 0.717) is 16.7 Å². The summed E-state index contributed by atoms with van der Waals surface area (Å²) in [6, 6.07) is 5.91. The van der Waals surface area contributed by atoms with Gasteiger partial charge in [0.15, 0.2) is 0 Å². The van der Waals surface area contributed by atoms with Crippen LogP contribution in [0.5, 0.6) is 0 Å². The molecule has 0 aliphatic heterocycles. The van der Waals surface area contributed by atoms with Gasteiger partial charge in [0, 0.05) is 36.8 Å². The lowest BCUT2D eigenvalue weighted by atomic mass is 9.99. The minimum absolute atomic E-state index is 0.0333. The Morgan fingerprint density at radius 3 is 2.72 bits per heavy atom. The first-order valence-electron chi connectivity index (χ1n) is 7.79. The van der Waals surface area contributed by atoms with E-state index >= 15 is 0 Å². The number of carbonyl (C=O) groups is 1. The molecule has 3 N–H and O–H groups in total. The molecular formula is C18H19FN4O2. The summed E-state index contributed by atoms with van der Waals surface area (Å²) in [6.07, 6.45) is 6.52. The predicted octanol–water partition coefficient (Wildman–Crippen LogP) is 2.19. The zero-order valence-corrected chi connectivity index (χ0v) is 14.0. The summed E-state index contributed by atoms with van der Waals surface area (Å²) >= 11 is 0. The number of aliphatic hydroxyl groups is 1. The molecule has 0 spiro atoms. The van der Waals surface area contributed by atoms with Crippen molar-refractivity contribution in [3.8, 4) is 11.1 Å². The summed E-state index contributed by atoms with van der Waals surface area (Å²) in [5.74, 6) is -0.664. The number of halogens is 1. The number of hydrogen-bond acceptors (Lipinski definition) is 3. The fourth-order valence-electron chi connectivity index (χ4n) is 2.57. The zero-order valence-electron chi connectivity index (χ0n) is 14.0. The third-order valence-corrected chi connectivity index (χ3v) is 4.07. The van der Waals surface area contributed by atoms with Crippen LogP contribution in [0.1, 0.15) is 22.8 Å². The SMILES string of the molecule is Cn1cc(C(C)(O)CNC(=O)c2c[nH]cc2-c2ccc(F)cc2)cn1. The van der Waals surface area contributed by atoms with E-state index in [-0.39, 0.29) is 18.3 Å². The summed E-state index contributed by atoms with van der Waals surface area (Å²) in [4.78, 5) is 15.4. The van der Waals surface area contributed by atoms with Crippen LogP contribution in [0.4, 0.5) is 4.39 Å². The number of rotatable bonds is 5. The van der Waals surface area contributed by atoms with E-state index in [4.69, 9.17) is 0 Å². The molecule has 2 heterocycles. The number of amides is 1. The van der Waals surface area contributed by atoms with E-state index in [1.54, 1.807) is 55.6 Å². The quantitative estimate of drug-likeness (QED) is 0.665. The summed E-state index contributed by atoms with van der Waals surface area (Å²) in [5.41, 5.74) is 1.19. The monoisotopic (exact) mass is 342 g/mol. The van der Waals surface area contributed by atoms with Gasteiger partial charge >= 0.3 is 0 Å². The topological polar surface area (TPSA) is 82.9 Å². The maximum atomic E-state index is 13.1. The second-order valence-electron chi connectivity index (χ2n) is 6.15. The van der Waals surface area contributed by atoms with Gasteiger partial charge in [-0.3, -0.25) is 9.48 Å². The molecule has 25 heavy (non-hydrogen) atoms. The van der Waals surface area contributed by atoms with E-state index in [1.807, 2.05) is 0 Å². The highest BCUT2D eigenvalue weighted by Crippen LogP contribution is 2.24. The van der Waals surface area contributed by atoms with Crippen LogP contribution in [-0.4, -0.2) is 32.3 Å². The molecule has 3 rings (SSSR count). The molecule has 0 aliphatic rings. The Bertz CT molecular complexity index is 881. The summed E-state index contributed by atoms with van der Waals surface area (Å²) < 4.78 is 14.7. The van der Waals surface area contributed by atoms with Crippen LogP contribution in [0, 0.1) is 5.82 Å². The van der Waals surface area contributed by atoms with Crippen LogP contribution in [0.2, 0.25) is 0 Å². The third-order valence-electron chi connectivity index (χ3n) is 4.07. The molecule has 3 aromatic rings. The highest BCUT2D eigenvalue weighted by molar-refractivity contribution is 6.00. The molecule has 0 saturated carbocycles. The Morgan fingerprint density at radius 2 is 2.08 bits per heavy atom. The fraction of sp³-hybridized carbons (Fsp3) is 0.222. The van der Waals surface area contributed by atoms with Crippen LogP contribution in [0.15, 0.2) is 49.1 Å². The lowest BCUT2D eigenvalue weighted by Gasteiger charge is -2.22. The molecular weight excluding hydrogens is 323 g/mol. The van der Waals surface area contributed by atoms with Crippen molar-refractivity contribution in [1.29, 1.82) is 0 Å². The van der Waals surface area contributed by atoms with Crippen LogP contribution in [0.25, 0.3) is 11.1 Å². The lowest BCUT2D eigenvalue weighted by molar-refractivity contribution is 0.0526. The first-order chi connectivity index (χ1) is 11.9. The van der Waals surface area contributed by atoms with Crippen LogP contribution in [-0.2, 0) is 12.6 Å². The number of hydrogen-bond donors (Lipinski definition) is 3. The molecule has 1 atom stereocenters. The van der Waals surface area contributed by atoms with Gasteiger partial charge in [-0.15, -0.1) is 0 Å². The second kappa shape index (κ2) is 6.52. The van der Waals surface area contributed by atoms with Gasteiger partial charge < -0.3 is 15.4 Å². The van der Waals surface area contributed by atoms with Crippen molar-refractivity contribution in [2.75, 3.05) is 6.54 Å². The summed E-state index contributed by atoms with van der Waals surface area (Å²) in [5, 5.41) is 17.3. The average Bonchev–Trinajstić information content (AvgIpc) is 3.23. The number of carbonyl (C=O) groups excluding carboxylic acids is 1. The number of nitrogens with one attached hydrogen (secondary N) is 2. The van der Waals surface area contributed by atoms with Gasteiger partial charge in [-0.25, -0.2) is 4.39 Å². The van der Waals surface area contributed by atoms with Gasteiger partial charge in [-0.1, -0.05) is 12.1 Å². The minimum atomic E-state index is -1.24. The van der Waals surface area contributed by atoms with E-state index in [0.717, 1.165) is 5.56 Å². The number of benzene rings is 1. The number of aromatic amines is 1. The molecule has 0 aliphatic carbocycles. The van der Waals surface area contributed by atoms with Crippen molar-refractivity contribution in [3.05, 3.63) is 66.0 Å². The molecule has 130 valence electrons. The zero-order chi connectivity index (χ0) is 18.0. The summed E-state index contributed by atoms with van der Waals surface area (Å²) in [6.45, 7) is 1.65. The molecule has 0 bridgehead atoms. The number of aromatic nitrogens is 3. The number of nitrogens with zero attached hydrogens (tertiary/aromatic N) is 2. The molecule has 0 saturated heterocycles.